The third-order valence-electron chi connectivity index (χ3n) is 1.42. The van der Waals surface area contributed by atoms with E-state index in [1.165, 1.54) is 0 Å². The second-order valence-electron chi connectivity index (χ2n) is 2.23. The largest absolute Gasteiger partial charge is 0.333 e. The van der Waals surface area contributed by atoms with E-state index < -0.39 is 0 Å². The van der Waals surface area contributed by atoms with Crippen LogP contribution < -0.4 is 0 Å². The highest BCUT2D eigenvalue weighted by Gasteiger charge is 2.04. The molecule has 0 radical (unpaired) electrons. The van der Waals surface area contributed by atoms with Crippen molar-refractivity contribution in [1.29, 1.82) is 0 Å². The van der Waals surface area contributed by atoms with Gasteiger partial charge in [-0.05, 0) is 33.2 Å². The maximum atomic E-state index is 4.94. The molecule has 0 aliphatic carbocycles. The molecule has 0 aliphatic rings. The van der Waals surface area contributed by atoms with Gasteiger partial charge in [0.25, 0.3) is 5.89 Å². The average molecular weight is 225 g/mol. The summed E-state index contributed by atoms with van der Waals surface area (Å²) >= 11 is 3.11. The molecule has 0 atom stereocenters. The molecule has 1 heterocycles. The first-order valence-corrected chi connectivity index (χ1v) is 4.20. The molecule has 12 heavy (non-hydrogen) atoms. The molecule has 2 rings (SSSR count). The number of aromatic nitrogens is 2. The molecule has 1 aromatic carbocycles. The fourth-order valence-electron chi connectivity index (χ4n) is 0.904. The van der Waals surface area contributed by atoms with Crippen LogP contribution in [0, 0.1) is 0 Å². The van der Waals surface area contributed by atoms with Crippen LogP contribution in [-0.2, 0) is 0 Å². The first-order valence-electron chi connectivity index (χ1n) is 3.41. The van der Waals surface area contributed by atoms with E-state index in [4.69, 9.17) is 4.52 Å². The van der Waals surface area contributed by atoms with Gasteiger partial charge in [0.05, 0.1) is 0 Å². The Balaban J connectivity index is 2.45. The first kappa shape index (κ1) is 7.49. The molecule has 0 fully saturated rings. The lowest BCUT2D eigenvalue weighted by Crippen LogP contribution is -1.74. The summed E-state index contributed by atoms with van der Waals surface area (Å²) in [4.78, 5) is 4.02. The van der Waals surface area contributed by atoms with Crippen LogP contribution in [0.2, 0.25) is 0 Å². The molecule has 2 aromatic rings. The van der Waals surface area contributed by atoms with Crippen LogP contribution in [0.5, 0.6) is 0 Å². The van der Waals surface area contributed by atoms with Gasteiger partial charge in [0.2, 0.25) is 4.73 Å². The Labute approximate surface area is 77.5 Å². The van der Waals surface area contributed by atoms with Gasteiger partial charge in [-0.25, -0.2) is 0 Å². The van der Waals surface area contributed by atoms with E-state index >= 15 is 0 Å². The molecular formula is C8H5BrN2O. The third-order valence-corrected chi connectivity index (χ3v) is 1.74. The van der Waals surface area contributed by atoms with E-state index in [0.29, 0.717) is 10.6 Å². The lowest BCUT2D eigenvalue weighted by molar-refractivity contribution is 0.426. The fraction of sp³-hybridized carbons (Fsp3) is 0. The second-order valence-corrected chi connectivity index (χ2v) is 2.94. The van der Waals surface area contributed by atoms with Crippen LogP contribution in [0.4, 0.5) is 0 Å². The van der Waals surface area contributed by atoms with E-state index in [2.05, 4.69) is 26.1 Å². The van der Waals surface area contributed by atoms with Crippen LogP contribution in [-0.4, -0.2) is 10.1 Å². The monoisotopic (exact) mass is 224 g/mol. The molecule has 1 aromatic heterocycles. The van der Waals surface area contributed by atoms with Crippen LogP contribution in [0.3, 0.4) is 0 Å². The van der Waals surface area contributed by atoms with E-state index in [0.717, 1.165) is 5.56 Å². The standard InChI is InChI=1S/C8H5BrN2O/c9-8-10-7(12-11-8)6-4-2-1-3-5-6/h1-5H. The lowest BCUT2D eigenvalue weighted by atomic mass is 10.2. The zero-order valence-electron chi connectivity index (χ0n) is 6.07. The molecule has 0 aliphatic heterocycles. The van der Waals surface area contributed by atoms with Gasteiger partial charge in [0, 0.05) is 5.56 Å². The van der Waals surface area contributed by atoms with E-state index in [-0.39, 0.29) is 0 Å². The van der Waals surface area contributed by atoms with Crippen LogP contribution in [0.1, 0.15) is 0 Å². The maximum Gasteiger partial charge on any atom is 0.258 e. The van der Waals surface area contributed by atoms with Crippen molar-refractivity contribution in [3.05, 3.63) is 35.1 Å². The van der Waals surface area contributed by atoms with Crippen molar-refractivity contribution >= 4 is 15.9 Å². The van der Waals surface area contributed by atoms with Gasteiger partial charge < -0.3 is 4.52 Å². The summed E-state index contributed by atoms with van der Waals surface area (Å²) < 4.78 is 5.42. The Bertz CT molecular complexity index is 372. The van der Waals surface area contributed by atoms with Crippen LogP contribution in [0.15, 0.2) is 39.6 Å². The topological polar surface area (TPSA) is 38.9 Å². The Kier molecular flexibility index (Phi) is 1.91. The Morgan fingerprint density at radius 1 is 1.17 bits per heavy atom. The summed E-state index contributed by atoms with van der Waals surface area (Å²) in [5.41, 5.74) is 0.927. The number of hydrogen-bond acceptors (Lipinski definition) is 3. The molecule has 0 spiro atoms. The van der Waals surface area contributed by atoms with Gasteiger partial charge in [0.15, 0.2) is 0 Å². The van der Waals surface area contributed by atoms with E-state index in [1.54, 1.807) is 0 Å². The van der Waals surface area contributed by atoms with Gasteiger partial charge in [0.1, 0.15) is 0 Å². The Hall–Kier alpha value is -1.16. The number of nitrogens with zero attached hydrogens (tertiary/aromatic N) is 2. The number of rotatable bonds is 1. The van der Waals surface area contributed by atoms with Crippen molar-refractivity contribution in [2.75, 3.05) is 0 Å². The predicted octanol–water partition coefficient (Wildman–Crippen LogP) is 2.50. The van der Waals surface area contributed by atoms with Gasteiger partial charge in [-0.3, -0.25) is 0 Å². The van der Waals surface area contributed by atoms with E-state index in [1.807, 2.05) is 30.3 Å². The molecule has 0 amide bonds. The molecule has 0 bridgehead atoms. The van der Waals surface area contributed by atoms with Crippen LogP contribution in [0.25, 0.3) is 11.5 Å². The number of hydrogen-bond donors (Lipinski definition) is 0. The molecular weight excluding hydrogens is 220 g/mol. The average Bonchev–Trinajstić information content (AvgIpc) is 2.54. The SMILES string of the molecule is Brc1noc(-c2ccccc2)n1. The van der Waals surface area contributed by atoms with E-state index in [9.17, 15) is 0 Å². The van der Waals surface area contributed by atoms with Gasteiger partial charge in [-0.2, -0.15) is 4.98 Å². The summed E-state index contributed by atoms with van der Waals surface area (Å²) in [5, 5.41) is 3.62. The Morgan fingerprint density at radius 3 is 2.50 bits per heavy atom. The minimum atomic E-state index is 0.473. The van der Waals surface area contributed by atoms with Gasteiger partial charge in [-0.15, -0.1) is 0 Å². The minimum absolute atomic E-state index is 0.473. The third kappa shape index (κ3) is 1.38. The van der Waals surface area contributed by atoms with Crippen molar-refractivity contribution in [2.24, 2.45) is 0 Å². The minimum Gasteiger partial charge on any atom is -0.333 e. The molecule has 0 N–H and O–H groups in total. The number of benzene rings is 1. The molecule has 3 nitrogen and oxygen atoms in total. The van der Waals surface area contributed by atoms with Crippen molar-refractivity contribution in [2.45, 2.75) is 0 Å². The number of halogens is 1. The zero-order valence-corrected chi connectivity index (χ0v) is 7.65. The van der Waals surface area contributed by atoms with Gasteiger partial charge >= 0.3 is 0 Å². The summed E-state index contributed by atoms with van der Waals surface area (Å²) in [7, 11) is 0. The molecule has 4 heteroatoms. The molecule has 0 saturated heterocycles. The zero-order chi connectivity index (χ0) is 8.39. The van der Waals surface area contributed by atoms with Crippen molar-refractivity contribution < 1.29 is 4.52 Å². The van der Waals surface area contributed by atoms with Crippen LogP contribution >= 0.6 is 15.9 Å². The Morgan fingerprint density at radius 2 is 1.92 bits per heavy atom. The second kappa shape index (κ2) is 3.06. The summed E-state index contributed by atoms with van der Waals surface area (Å²) in [6, 6.07) is 9.62. The summed E-state index contributed by atoms with van der Waals surface area (Å²) in [6.07, 6.45) is 0. The summed E-state index contributed by atoms with van der Waals surface area (Å²) in [5.74, 6) is 0.530. The summed E-state index contributed by atoms with van der Waals surface area (Å²) in [6.45, 7) is 0. The lowest BCUT2D eigenvalue weighted by Gasteiger charge is -1.89. The normalized spacial score (nSPS) is 10.1. The fourth-order valence-corrected chi connectivity index (χ4v) is 1.14. The molecule has 0 saturated carbocycles. The predicted molar refractivity (Wildman–Crippen MR) is 47.4 cm³/mol. The molecule has 60 valence electrons. The molecule has 0 unspecified atom stereocenters. The smallest absolute Gasteiger partial charge is 0.258 e. The van der Waals surface area contributed by atoms with Gasteiger partial charge in [-0.1, -0.05) is 18.2 Å². The highest BCUT2D eigenvalue weighted by Crippen LogP contribution is 2.17. The van der Waals surface area contributed by atoms with Crippen molar-refractivity contribution in [3.8, 4) is 11.5 Å². The highest BCUT2D eigenvalue weighted by atomic mass is 79.9. The maximum absolute atomic E-state index is 4.94. The quantitative estimate of drug-likeness (QED) is 0.748. The van der Waals surface area contributed by atoms with Crippen molar-refractivity contribution in [1.82, 2.24) is 10.1 Å². The highest BCUT2D eigenvalue weighted by molar-refractivity contribution is 9.10. The first-order chi connectivity index (χ1) is 5.86. The van der Waals surface area contributed by atoms with Crippen molar-refractivity contribution in [3.63, 3.8) is 0 Å².